The quantitative estimate of drug-likeness (QED) is 0.775. The highest BCUT2D eigenvalue weighted by Crippen LogP contribution is 2.25. The van der Waals surface area contributed by atoms with Gasteiger partial charge in [0.25, 0.3) is 0 Å². The zero-order valence-corrected chi connectivity index (χ0v) is 15.0. The number of hydrogen-bond acceptors (Lipinski definition) is 4. The number of hydrogen-bond donors (Lipinski definition) is 1. The molecule has 1 aliphatic rings. The minimum atomic E-state index is 0. The second-order valence-electron chi connectivity index (χ2n) is 6.47. The van der Waals surface area contributed by atoms with Crippen molar-refractivity contribution >= 4 is 29.1 Å². The topological polar surface area (TPSA) is 55.0 Å². The lowest BCUT2D eigenvalue weighted by atomic mass is 9.97. The van der Waals surface area contributed by atoms with Crippen LogP contribution in [-0.4, -0.2) is 29.6 Å². The normalized spacial score (nSPS) is 15.2. The van der Waals surface area contributed by atoms with Gasteiger partial charge in [0.15, 0.2) is 0 Å². The number of benzene rings is 2. The smallest absolute Gasteiger partial charge is 0.225 e. The fourth-order valence-electron chi connectivity index (χ4n) is 3.38. The van der Waals surface area contributed by atoms with E-state index in [1.54, 1.807) is 0 Å². The van der Waals surface area contributed by atoms with Crippen LogP contribution >= 0.6 is 12.4 Å². The molecule has 4 nitrogen and oxygen atoms in total. The van der Waals surface area contributed by atoms with Crippen molar-refractivity contribution in [1.29, 1.82) is 0 Å². The highest BCUT2D eigenvalue weighted by molar-refractivity contribution is 5.86. The van der Waals surface area contributed by atoms with Crippen molar-refractivity contribution in [2.24, 2.45) is 11.7 Å². The Bertz CT molecular complexity index is 844. The largest absolute Gasteiger partial charge is 0.341 e. The molecule has 0 bridgehead atoms. The Morgan fingerprint density at radius 3 is 2.52 bits per heavy atom. The van der Waals surface area contributed by atoms with Gasteiger partial charge in [-0.2, -0.15) is 0 Å². The third-order valence-corrected chi connectivity index (χ3v) is 4.92. The zero-order valence-electron chi connectivity index (χ0n) is 14.1. The Kier molecular flexibility index (Phi) is 5.51. The van der Waals surface area contributed by atoms with E-state index in [0.29, 0.717) is 5.92 Å². The average molecular weight is 355 g/mol. The molecular weight excluding hydrogens is 332 g/mol. The van der Waals surface area contributed by atoms with Crippen molar-refractivity contribution in [1.82, 2.24) is 9.97 Å². The molecule has 0 saturated carbocycles. The molecule has 2 heterocycles. The summed E-state index contributed by atoms with van der Waals surface area (Å²) in [5.74, 6) is 1.47. The monoisotopic (exact) mass is 354 g/mol. The summed E-state index contributed by atoms with van der Waals surface area (Å²) in [4.78, 5) is 11.6. The Labute approximate surface area is 154 Å². The Balaban J connectivity index is 0.00000182. The molecule has 3 aromatic rings. The van der Waals surface area contributed by atoms with E-state index in [1.807, 2.05) is 12.3 Å². The highest BCUT2D eigenvalue weighted by Gasteiger charge is 2.20. The maximum Gasteiger partial charge on any atom is 0.225 e. The van der Waals surface area contributed by atoms with Crippen LogP contribution in [0.1, 0.15) is 12.8 Å². The summed E-state index contributed by atoms with van der Waals surface area (Å²) in [6.45, 7) is 2.76. The van der Waals surface area contributed by atoms with Gasteiger partial charge in [-0.3, -0.25) is 0 Å². The number of fused-ring (bicyclic) bond motifs is 1. The summed E-state index contributed by atoms with van der Waals surface area (Å²) in [6.07, 6.45) is 4.11. The summed E-state index contributed by atoms with van der Waals surface area (Å²) < 4.78 is 0. The number of anilines is 1. The number of rotatable bonds is 3. The van der Waals surface area contributed by atoms with Crippen LogP contribution in [0.4, 0.5) is 5.95 Å². The van der Waals surface area contributed by atoms with Gasteiger partial charge in [0.2, 0.25) is 5.95 Å². The van der Waals surface area contributed by atoms with E-state index >= 15 is 0 Å². The third kappa shape index (κ3) is 3.75. The van der Waals surface area contributed by atoms with Crippen LogP contribution in [0.15, 0.2) is 54.7 Å². The SMILES string of the molecule is Cl.NCC1CCN(c2nccc(-c3ccc4ccccc4c3)n2)CC1. The Morgan fingerprint density at radius 1 is 1.00 bits per heavy atom. The Morgan fingerprint density at radius 2 is 1.76 bits per heavy atom. The average Bonchev–Trinajstić information content (AvgIpc) is 2.68. The van der Waals surface area contributed by atoms with Crippen LogP contribution < -0.4 is 10.6 Å². The van der Waals surface area contributed by atoms with E-state index in [1.165, 1.54) is 10.8 Å². The molecule has 1 saturated heterocycles. The van der Waals surface area contributed by atoms with Crippen LogP contribution in [0.25, 0.3) is 22.0 Å². The molecule has 0 spiro atoms. The molecule has 1 aromatic heterocycles. The standard InChI is InChI=1S/C20H22N4.ClH/c21-14-15-8-11-24(12-9-15)20-22-10-7-19(23-20)18-6-5-16-3-1-2-4-17(16)13-18;/h1-7,10,13,15H,8-9,11-12,14,21H2;1H. The lowest BCUT2D eigenvalue weighted by Crippen LogP contribution is -2.37. The van der Waals surface area contributed by atoms with E-state index in [0.717, 1.165) is 49.7 Å². The molecular formula is C20H23ClN4. The summed E-state index contributed by atoms with van der Waals surface area (Å²) in [6, 6.07) is 16.9. The molecule has 0 radical (unpaired) electrons. The number of piperidine rings is 1. The first-order chi connectivity index (χ1) is 11.8. The van der Waals surface area contributed by atoms with Crippen LogP contribution in [0.3, 0.4) is 0 Å². The summed E-state index contributed by atoms with van der Waals surface area (Å²) >= 11 is 0. The molecule has 2 N–H and O–H groups in total. The van der Waals surface area contributed by atoms with E-state index in [9.17, 15) is 0 Å². The molecule has 5 heteroatoms. The van der Waals surface area contributed by atoms with Gasteiger partial charge in [0.05, 0.1) is 5.69 Å². The molecule has 1 aliphatic heterocycles. The van der Waals surface area contributed by atoms with Gasteiger partial charge in [0.1, 0.15) is 0 Å². The molecule has 25 heavy (non-hydrogen) atoms. The first-order valence-electron chi connectivity index (χ1n) is 8.61. The second kappa shape index (κ2) is 7.81. The fourth-order valence-corrected chi connectivity index (χ4v) is 3.38. The van der Waals surface area contributed by atoms with Crippen molar-refractivity contribution in [3.05, 3.63) is 54.7 Å². The summed E-state index contributed by atoms with van der Waals surface area (Å²) in [5, 5.41) is 2.48. The summed E-state index contributed by atoms with van der Waals surface area (Å²) in [7, 11) is 0. The lowest BCUT2D eigenvalue weighted by molar-refractivity contribution is 0.411. The third-order valence-electron chi connectivity index (χ3n) is 4.92. The van der Waals surface area contributed by atoms with Crippen LogP contribution in [0, 0.1) is 5.92 Å². The number of aromatic nitrogens is 2. The lowest BCUT2D eigenvalue weighted by Gasteiger charge is -2.31. The van der Waals surface area contributed by atoms with E-state index in [4.69, 9.17) is 10.7 Å². The minimum absolute atomic E-state index is 0. The van der Waals surface area contributed by atoms with E-state index in [-0.39, 0.29) is 12.4 Å². The summed E-state index contributed by atoms with van der Waals surface area (Å²) in [5.41, 5.74) is 7.90. The highest BCUT2D eigenvalue weighted by atomic mass is 35.5. The molecule has 0 amide bonds. The maximum atomic E-state index is 5.78. The first-order valence-corrected chi connectivity index (χ1v) is 8.61. The van der Waals surface area contributed by atoms with Crippen LogP contribution in [0.2, 0.25) is 0 Å². The molecule has 0 unspecified atom stereocenters. The van der Waals surface area contributed by atoms with Crippen LogP contribution in [0.5, 0.6) is 0 Å². The second-order valence-corrected chi connectivity index (χ2v) is 6.47. The van der Waals surface area contributed by atoms with Gasteiger partial charge in [-0.25, -0.2) is 9.97 Å². The van der Waals surface area contributed by atoms with E-state index in [2.05, 4.69) is 52.3 Å². The molecule has 130 valence electrons. The van der Waals surface area contributed by atoms with Gasteiger partial charge >= 0.3 is 0 Å². The van der Waals surface area contributed by atoms with Crippen molar-refractivity contribution in [3.8, 4) is 11.3 Å². The molecule has 0 aliphatic carbocycles. The van der Waals surface area contributed by atoms with Crippen molar-refractivity contribution in [2.75, 3.05) is 24.5 Å². The van der Waals surface area contributed by atoms with Gasteiger partial charge < -0.3 is 10.6 Å². The van der Waals surface area contributed by atoms with Crippen molar-refractivity contribution in [2.45, 2.75) is 12.8 Å². The molecule has 4 rings (SSSR count). The predicted octanol–water partition coefficient (Wildman–Crippen LogP) is 3.89. The maximum absolute atomic E-state index is 5.78. The fraction of sp³-hybridized carbons (Fsp3) is 0.300. The molecule has 2 aromatic carbocycles. The number of halogens is 1. The zero-order chi connectivity index (χ0) is 16.4. The van der Waals surface area contributed by atoms with Gasteiger partial charge in [-0.15, -0.1) is 12.4 Å². The minimum Gasteiger partial charge on any atom is -0.341 e. The van der Waals surface area contributed by atoms with Crippen molar-refractivity contribution < 1.29 is 0 Å². The number of nitrogens with zero attached hydrogens (tertiary/aromatic N) is 3. The van der Waals surface area contributed by atoms with Crippen molar-refractivity contribution in [3.63, 3.8) is 0 Å². The van der Waals surface area contributed by atoms with Gasteiger partial charge in [-0.05, 0) is 48.2 Å². The Hall–Kier alpha value is -2.17. The number of nitrogens with two attached hydrogens (primary N) is 1. The first kappa shape index (κ1) is 17.6. The van der Waals surface area contributed by atoms with Gasteiger partial charge in [0, 0.05) is 24.8 Å². The van der Waals surface area contributed by atoms with Crippen LogP contribution in [-0.2, 0) is 0 Å². The van der Waals surface area contributed by atoms with Gasteiger partial charge in [-0.1, -0.05) is 36.4 Å². The van der Waals surface area contributed by atoms with E-state index < -0.39 is 0 Å². The molecule has 1 fully saturated rings. The predicted molar refractivity (Wildman–Crippen MR) is 106 cm³/mol. The molecule has 0 atom stereocenters.